The summed E-state index contributed by atoms with van der Waals surface area (Å²) in [5, 5.41) is 15.7. The molecule has 378 valence electrons. The number of aryl methyl sites for hydroxylation is 1. The normalized spacial score (nSPS) is 34.7. The standard InChI is InChI=1S/C53H75N5O11/c1-13-27-57(11)41-28-33(4)67-53(10,47(41)61)68-48-35(6)45(66-43(59)29-39-22-15-16-24-55-39)36(7)49(62)65-42(14-2)52(9)46(34(5)44(60)32(3)30-51(48,8)64-12)58(50(63)69-52)56-25-18-21-37-19-17-20-38-31-54-26-23-40(37)38/h13,15-17,19-20,22-24,26,31-36,41-42,45-48,56,61H,1,14,18,21,25,27-30H2,2-12H3/t32-,33-,34+,35+,36-,41+,42-,45?,46-,47-,48-,51-,52-,53+/m1/s1. The Morgan fingerprint density at radius 3 is 2.48 bits per heavy atom. The molecule has 6 rings (SSSR count). The first-order valence-corrected chi connectivity index (χ1v) is 24.5. The summed E-state index contributed by atoms with van der Waals surface area (Å²) in [4.78, 5) is 68.7. The van der Waals surface area contributed by atoms with E-state index in [0.717, 1.165) is 16.3 Å². The van der Waals surface area contributed by atoms with Crippen LogP contribution < -0.4 is 5.43 Å². The molecule has 0 bridgehead atoms. The molecule has 16 heteroatoms. The summed E-state index contributed by atoms with van der Waals surface area (Å²) < 4.78 is 39.1. The number of aliphatic hydroxyl groups excluding tert-OH is 1. The highest BCUT2D eigenvalue weighted by Crippen LogP contribution is 2.45. The molecule has 1 unspecified atom stereocenters. The van der Waals surface area contributed by atoms with Gasteiger partial charge >= 0.3 is 18.0 Å². The number of nitrogens with zero attached hydrogens (tertiary/aromatic N) is 4. The van der Waals surface area contributed by atoms with Crippen molar-refractivity contribution in [3.05, 3.63) is 85.0 Å². The van der Waals surface area contributed by atoms with Gasteiger partial charge in [0.2, 0.25) is 0 Å². The second-order valence-corrected chi connectivity index (χ2v) is 20.1. The number of Topliss-reactive ketones (excluding diaryl/α,β-unsaturated/α-hetero) is 1. The van der Waals surface area contributed by atoms with E-state index >= 15 is 4.79 Å². The number of rotatable bonds is 15. The number of aliphatic hydroxyl groups is 1. The van der Waals surface area contributed by atoms with E-state index < -0.39 is 95.2 Å². The molecule has 2 aromatic heterocycles. The second-order valence-electron chi connectivity index (χ2n) is 20.1. The van der Waals surface area contributed by atoms with E-state index in [-0.39, 0.29) is 31.1 Å². The molecule has 3 aliphatic heterocycles. The number of fused-ring (bicyclic) bond motifs is 2. The molecule has 1 aromatic carbocycles. The Morgan fingerprint density at radius 1 is 1.04 bits per heavy atom. The molecule has 16 nitrogen and oxygen atoms in total. The van der Waals surface area contributed by atoms with Crippen molar-refractivity contribution in [2.45, 2.75) is 160 Å². The topological polar surface area (TPSA) is 188 Å². The van der Waals surface area contributed by atoms with Gasteiger partial charge < -0.3 is 33.5 Å². The summed E-state index contributed by atoms with van der Waals surface area (Å²) >= 11 is 0. The fourth-order valence-corrected chi connectivity index (χ4v) is 11.2. The molecule has 0 radical (unpaired) electrons. The Bertz CT molecular complexity index is 2260. The highest BCUT2D eigenvalue weighted by molar-refractivity contribution is 5.86. The molecule has 3 saturated heterocycles. The van der Waals surface area contributed by atoms with E-state index in [1.54, 1.807) is 71.3 Å². The minimum Gasteiger partial charge on any atom is -0.461 e. The van der Waals surface area contributed by atoms with E-state index in [0.29, 0.717) is 38.0 Å². The van der Waals surface area contributed by atoms with Crippen LogP contribution in [0.4, 0.5) is 4.79 Å². The largest absolute Gasteiger partial charge is 0.461 e. The zero-order chi connectivity index (χ0) is 50.4. The molecule has 0 spiro atoms. The Hall–Kier alpha value is -4.84. The van der Waals surface area contributed by atoms with E-state index in [9.17, 15) is 19.5 Å². The van der Waals surface area contributed by atoms with Gasteiger partial charge in [-0.05, 0) is 103 Å². The highest BCUT2D eigenvalue weighted by atomic mass is 16.7. The smallest absolute Gasteiger partial charge is 0.425 e. The van der Waals surface area contributed by atoms with Crippen LogP contribution in [0, 0.1) is 23.7 Å². The molecule has 0 saturated carbocycles. The van der Waals surface area contributed by atoms with E-state index in [1.165, 1.54) is 12.1 Å². The van der Waals surface area contributed by atoms with Crippen LogP contribution in [0.25, 0.3) is 10.8 Å². The van der Waals surface area contributed by atoms with E-state index in [4.69, 9.17) is 28.4 Å². The van der Waals surface area contributed by atoms with Crippen molar-refractivity contribution >= 4 is 34.6 Å². The minimum absolute atomic E-state index is 0.0834. The Labute approximate surface area is 407 Å². The predicted molar refractivity (Wildman–Crippen MR) is 259 cm³/mol. The monoisotopic (exact) mass is 958 g/mol. The number of nitrogens with one attached hydrogen (secondary N) is 1. The number of hydrogen-bond acceptors (Lipinski definition) is 15. The van der Waals surface area contributed by atoms with Crippen LogP contribution in [0.15, 0.2) is 73.7 Å². The number of carbonyl (C=O) groups is 4. The van der Waals surface area contributed by atoms with Crippen LogP contribution in [0.2, 0.25) is 0 Å². The SMILES string of the molecule is C=CCN(C)[C@H]1C[C@@H](C)O[C@@](C)(O[C@@H]2[C@@H](C)C(OC(=O)Cc3ccccn3)[C@@H](C)C(=O)O[C@H](CC)[C@@]3(C)OC(=O)N(NCCCc4cccc5cnccc45)[C@@H]3[C@@H](C)C(=O)[C@H](C)C[C@@]2(C)OC)[C@@H]1O. The summed E-state index contributed by atoms with van der Waals surface area (Å²) in [6.45, 7) is 20.7. The number of amides is 1. The lowest BCUT2D eigenvalue weighted by Gasteiger charge is -2.52. The number of ketones is 1. The summed E-state index contributed by atoms with van der Waals surface area (Å²) in [5.41, 5.74) is 2.06. The molecule has 3 fully saturated rings. The van der Waals surface area contributed by atoms with Crippen molar-refractivity contribution in [3.63, 3.8) is 0 Å². The van der Waals surface area contributed by atoms with Gasteiger partial charge in [0.25, 0.3) is 0 Å². The fourth-order valence-electron chi connectivity index (χ4n) is 11.2. The number of esters is 2. The number of hydrazine groups is 1. The summed E-state index contributed by atoms with van der Waals surface area (Å²) in [6, 6.07) is 12.0. The van der Waals surface area contributed by atoms with Gasteiger partial charge in [-0.15, -0.1) is 6.58 Å². The Balaban J connectivity index is 1.39. The number of cyclic esters (lactones) is 1. The number of ether oxygens (including phenoxy) is 6. The van der Waals surface area contributed by atoms with Gasteiger partial charge in [-0.2, -0.15) is 0 Å². The molecule has 3 aromatic rings. The maximum Gasteiger partial charge on any atom is 0.425 e. The van der Waals surface area contributed by atoms with Crippen molar-refractivity contribution in [2.24, 2.45) is 23.7 Å². The molecular weight excluding hydrogens is 883 g/mol. The van der Waals surface area contributed by atoms with Gasteiger partial charge in [-0.25, -0.2) is 15.2 Å². The van der Waals surface area contributed by atoms with Crippen LogP contribution in [-0.2, 0) is 55.6 Å². The maximum atomic E-state index is 15.1. The third kappa shape index (κ3) is 11.5. The quantitative estimate of drug-likeness (QED) is 0.0700. The van der Waals surface area contributed by atoms with Crippen molar-refractivity contribution in [3.8, 4) is 0 Å². The Kier molecular flexibility index (Phi) is 17.4. The molecule has 3 aliphatic rings. The van der Waals surface area contributed by atoms with Gasteiger partial charge in [-0.1, -0.05) is 58.0 Å². The second kappa shape index (κ2) is 22.5. The first kappa shape index (κ1) is 53.5. The lowest BCUT2D eigenvalue weighted by atomic mass is 9.73. The van der Waals surface area contributed by atoms with Gasteiger partial charge in [0.05, 0.1) is 35.8 Å². The minimum atomic E-state index is -1.65. The molecule has 1 amide bonds. The maximum absolute atomic E-state index is 15.1. The molecule has 14 atom stereocenters. The van der Waals surface area contributed by atoms with Gasteiger partial charge in [0, 0.05) is 68.0 Å². The molecule has 2 N–H and O–H groups in total. The number of carbonyl (C=O) groups excluding carboxylic acids is 4. The highest BCUT2D eigenvalue weighted by Gasteiger charge is 2.61. The average molecular weight is 958 g/mol. The zero-order valence-corrected chi connectivity index (χ0v) is 42.4. The van der Waals surface area contributed by atoms with Crippen molar-refractivity contribution < 1.29 is 52.7 Å². The zero-order valence-electron chi connectivity index (χ0n) is 42.4. The molecule has 0 aliphatic carbocycles. The predicted octanol–water partition coefficient (Wildman–Crippen LogP) is 6.80. The van der Waals surface area contributed by atoms with Crippen LogP contribution in [0.3, 0.4) is 0 Å². The summed E-state index contributed by atoms with van der Waals surface area (Å²) in [7, 11) is 3.42. The Morgan fingerprint density at radius 2 is 1.80 bits per heavy atom. The summed E-state index contributed by atoms with van der Waals surface area (Å²) in [6.07, 6.45) is 3.33. The number of pyridine rings is 2. The molecule has 5 heterocycles. The lowest BCUT2D eigenvalue weighted by Crippen LogP contribution is -2.65. The summed E-state index contributed by atoms with van der Waals surface area (Å²) in [5.74, 6) is -6.76. The fraction of sp³-hybridized carbons (Fsp3) is 0.623. The van der Waals surface area contributed by atoms with Crippen molar-refractivity contribution in [1.29, 1.82) is 0 Å². The third-order valence-corrected chi connectivity index (χ3v) is 14.9. The van der Waals surface area contributed by atoms with Crippen LogP contribution in [-0.4, -0.2) is 136 Å². The van der Waals surface area contributed by atoms with Gasteiger partial charge in [0.1, 0.15) is 30.1 Å². The van der Waals surface area contributed by atoms with Crippen molar-refractivity contribution in [2.75, 3.05) is 27.2 Å². The number of aromatic nitrogens is 2. The average Bonchev–Trinajstić information content (AvgIpc) is 3.59. The first-order valence-electron chi connectivity index (χ1n) is 24.5. The van der Waals surface area contributed by atoms with Crippen LogP contribution in [0.1, 0.15) is 99.3 Å². The van der Waals surface area contributed by atoms with Gasteiger partial charge in [-0.3, -0.25) is 29.3 Å². The first-order chi connectivity index (χ1) is 32.7. The number of benzene rings is 1. The van der Waals surface area contributed by atoms with Crippen molar-refractivity contribution in [1.82, 2.24) is 25.3 Å². The van der Waals surface area contributed by atoms with E-state index in [1.807, 2.05) is 64.0 Å². The van der Waals surface area contributed by atoms with Crippen LogP contribution >= 0.6 is 0 Å². The van der Waals surface area contributed by atoms with Gasteiger partial charge in [0.15, 0.2) is 11.4 Å². The molecular formula is C53H75N5O11. The number of methoxy groups -OCH3 is 1. The number of likely N-dealkylation sites (N-methyl/N-ethyl adjacent to an activating group) is 1. The lowest BCUT2D eigenvalue weighted by molar-refractivity contribution is -0.358. The van der Waals surface area contributed by atoms with Crippen LogP contribution in [0.5, 0.6) is 0 Å². The molecule has 69 heavy (non-hydrogen) atoms. The van der Waals surface area contributed by atoms with E-state index in [2.05, 4.69) is 28.0 Å². The third-order valence-electron chi connectivity index (χ3n) is 14.9. The number of hydrogen-bond donors (Lipinski definition) is 2.